The van der Waals surface area contributed by atoms with E-state index in [1.54, 1.807) is 19.0 Å². The van der Waals surface area contributed by atoms with Gasteiger partial charge in [-0.1, -0.05) is 11.3 Å². The quantitative estimate of drug-likeness (QED) is 0.337. The monoisotopic (exact) mass is 634 g/mol. The van der Waals surface area contributed by atoms with Crippen molar-refractivity contribution in [1.82, 2.24) is 39.3 Å². The van der Waals surface area contributed by atoms with E-state index in [0.717, 1.165) is 12.1 Å². The zero-order valence-corrected chi connectivity index (χ0v) is 24.8. The molecule has 4 heterocycles. The average Bonchev–Trinajstić information content (AvgIpc) is 3.40. The number of alkyl halides is 2. The number of nitriles is 1. The molecular weight excluding hydrogens is 609 g/mol. The summed E-state index contributed by atoms with van der Waals surface area (Å²) in [5.74, 6) is -0.686. The van der Waals surface area contributed by atoms with Gasteiger partial charge in [-0.25, -0.2) is 36.4 Å². The predicted octanol–water partition coefficient (Wildman–Crippen LogP) is 3.03. The van der Waals surface area contributed by atoms with E-state index in [4.69, 9.17) is 0 Å². The maximum atomic E-state index is 15.7. The Morgan fingerprint density at radius 1 is 1.23 bits per heavy atom. The van der Waals surface area contributed by atoms with Crippen LogP contribution in [0.2, 0.25) is 0 Å². The summed E-state index contributed by atoms with van der Waals surface area (Å²) < 4.78 is 72.7. The minimum atomic E-state index is -4.49. The molecule has 1 unspecified atom stereocenters. The highest BCUT2D eigenvalue weighted by atomic mass is 32.2. The van der Waals surface area contributed by atoms with Gasteiger partial charge in [0.25, 0.3) is 6.43 Å². The van der Waals surface area contributed by atoms with Crippen LogP contribution >= 0.6 is 11.3 Å². The lowest BCUT2D eigenvalue weighted by Gasteiger charge is -2.41. The van der Waals surface area contributed by atoms with E-state index in [1.807, 2.05) is 17.9 Å². The van der Waals surface area contributed by atoms with Crippen molar-refractivity contribution in [2.45, 2.75) is 42.7 Å². The second kappa shape index (κ2) is 10.3. The van der Waals surface area contributed by atoms with Crippen LogP contribution < -0.4 is 9.62 Å². The largest absolute Gasteiger partial charge is 0.352 e. The first-order valence-corrected chi connectivity index (χ1v) is 15.4. The summed E-state index contributed by atoms with van der Waals surface area (Å²) in [5, 5.41) is 16.8. The van der Waals surface area contributed by atoms with Gasteiger partial charge in [0.05, 0.1) is 17.0 Å². The molecule has 0 spiro atoms. The Morgan fingerprint density at radius 2 is 1.98 bits per heavy atom. The molecular formula is C25H25F3N10O3S2. The van der Waals surface area contributed by atoms with Crippen molar-refractivity contribution in [3.8, 4) is 11.2 Å². The summed E-state index contributed by atoms with van der Waals surface area (Å²) in [6.07, 6.45) is -1.05. The normalized spacial score (nSPS) is 18.4. The summed E-state index contributed by atoms with van der Waals surface area (Å²) in [4.78, 5) is 25.9. The summed E-state index contributed by atoms with van der Waals surface area (Å²) in [6.45, 7) is 3.02. The number of amides is 2. The number of benzene rings is 1. The smallest absolute Gasteiger partial charge is 0.319 e. The molecule has 226 valence electrons. The SMILES string of the molecule is CC1CN(c2ncnc3c2c2cc(F)c(S(=O)(=O)NC4(C#N)CC4)cc2n3-c2nnc(C(F)F)s2)CCN1C(=O)N(C)C. The summed E-state index contributed by atoms with van der Waals surface area (Å²) >= 11 is 0.584. The van der Waals surface area contributed by atoms with Gasteiger partial charge in [0.2, 0.25) is 15.2 Å². The van der Waals surface area contributed by atoms with Crippen molar-refractivity contribution in [2.24, 2.45) is 0 Å². The van der Waals surface area contributed by atoms with Gasteiger partial charge in [-0.15, -0.1) is 10.2 Å². The number of piperazine rings is 1. The fourth-order valence-corrected chi connectivity index (χ4v) is 7.40. The van der Waals surface area contributed by atoms with Gasteiger partial charge in [0.15, 0.2) is 10.7 Å². The number of anilines is 1. The summed E-state index contributed by atoms with van der Waals surface area (Å²) in [7, 11) is -1.16. The van der Waals surface area contributed by atoms with Crippen LogP contribution in [0.1, 0.15) is 31.2 Å². The van der Waals surface area contributed by atoms with Gasteiger partial charge in [-0.2, -0.15) is 9.98 Å². The molecule has 1 atom stereocenters. The number of rotatable bonds is 6. The Kier molecular flexibility index (Phi) is 6.93. The van der Waals surface area contributed by atoms with E-state index in [-0.39, 0.29) is 33.8 Å². The number of carbonyl (C=O) groups is 1. The van der Waals surface area contributed by atoms with Crippen LogP contribution in [0.4, 0.5) is 23.8 Å². The lowest BCUT2D eigenvalue weighted by atomic mass is 10.1. The topological polar surface area (TPSA) is 153 Å². The lowest BCUT2D eigenvalue weighted by molar-refractivity contribution is 0.146. The van der Waals surface area contributed by atoms with Crippen molar-refractivity contribution < 1.29 is 26.4 Å². The highest BCUT2D eigenvalue weighted by Gasteiger charge is 2.47. The number of aromatic nitrogens is 5. The number of carbonyl (C=O) groups excluding carboxylic acids is 1. The van der Waals surface area contributed by atoms with Crippen molar-refractivity contribution in [3.63, 3.8) is 0 Å². The molecule has 2 amide bonds. The lowest BCUT2D eigenvalue weighted by Crippen LogP contribution is -2.56. The van der Waals surface area contributed by atoms with Gasteiger partial charge in [0, 0.05) is 45.2 Å². The summed E-state index contributed by atoms with van der Waals surface area (Å²) in [6, 6.07) is 3.67. The molecule has 2 aliphatic rings. The van der Waals surface area contributed by atoms with E-state index in [2.05, 4.69) is 24.9 Å². The van der Waals surface area contributed by atoms with Gasteiger partial charge < -0.3 is 14.7 Å². The molecule has 0 bridgehead atoms. The first-order chi connectivity index (χ1) is 20.4. The molecule has 1 aromatic carbocycles. The molecule has 6 rings (SSSR count). The highest BCUT2D eigenvalue weighted by molar-refractivity contribution is 7.89. The second-order valence-corrected chi connectivity index (χ2v) is 13.4. The molecule has 1 N–H and O–H groups in total. The fourth-order valence-electron chi connectivity index (χ4n) is 5.23. The Labute approximate surface area is 247 Å². The summed E-state index contributed by atoms with van der Waals surface area (Å²) in [5.41, 5.74) is -1.01. The molecule has 1 aliphatic carbocycles. The van der Waals surface area contributed by atoms with Crippen molar-refractivity contribution in [1.29, 1.82) is 5.26 Å². The number of nitrogens with one attached hydrogen (secondary N) is 1. The third-order valence-corrected chi connectivity index (χ3v) is 9.99. The van der Waals surface area contributed by atoms with Gasteiger partial charge in [-0.05, 0) is 31.9 Å². The second-order valence-electron chi connectivity index (χ2n) is 10.7. The third kappa shape index (κ3) is 4.90. The van der Waals surface area contributed by atoms with Crippen LogP contribution in [-0.2, 0) is 10.0 Å². The molecule has 13 nitrogen and oxygen atoms in total. The molecule has 1 saturated carbocycles. The Morgan fingerprint density at radius 3 is 2.58 bits per heavy atom. The minimum Gasteiger partial charge on any atom is -0.352 e. The Bertz CT molecular complexity index is 1920. The van der Waals surface area contributed by atoms with Crippen LogP contribution in [0.5, 0.6) is 0 Å². The van der Waals surface area contributed by atoms with Crippen LogP contribution in [-0.4, -0.2) is 94.3 Å². The standard InChI is InChI=1S/C25H25F3N10O3S2/c1-13-10-36(6-7-37(13)24(39)35(2)3)20-18-14-8-15(26)17(43(40,41)34-25(11-29)4-5-25)9-16(14)38(21(18)31-12-30-20)23-33-32-22(42-23)19(27)28/h8-9,12-13,19,34H,4-7,10H2,1-3H3. The number of halogens is 3. The average molecular weight is 635 g/mol. The molecule has 1 saturated heterocycles. The predicted molar refractivity (Wildman–Crippen MR) is 150 cm³/mol. The molecule has 18 heteroatoms. The van der Waals surface area contributed by atoms with Gasteiger partial charge in [-0.3, -0.25) is 4.57 Å². The van der Waals surface area contributed by atoms with E-state index < -0.39 is 37.7 Å². The van der Waals surface area contributed by atoms with E-state index >= 15 is 4.39 Å². The molecule has 4 aromatic rings. The number of hydrogen-bond donors (Lipinski definition) is 1. The fraction of sp³-hybridized carbons (Fsp3) is 0.440. The maximum Gasteiger partial charge on any atom is 0.319 e. The maximum absolute atomic E-state index is 15.7. The van der Waals surface area contributed by atoms with Crippen molar-refractivity contribution in [3.05, 3.63) is 29.3 Å². The molecule has 2 fully saturated rings. The van der Waals surface area contributed by atoms with Crippen molar-refractivity contribution in [2.75, 3.05) is 38.6 Å². The molecule has 43 heavy (non-hydrogen) atoms. The highest BCUT2D eigenvalue weighted by Crippen LogP contribution is 2.41. The third-order valence-electron chi connectivity index (χ3n) is 7.53. The number of hydrogen-bond acceptors (Lipinski definition) is 10. The van der Waals surface area contributed by atoms with Crippen LogP contribution in [0.15, 0.2) is 23.4 Å². The Balaban J connectivity index is 1.54. The molecule has 0 radical (unpaired) electrons. The minimum absolute atomic E-state index is 0.0340. The van der Waals surface area contributed by atoms with Crippen LogP contribution in [0.3, 0.4) is 0 Å². The molecule has 1 aliphatic heterocycles. The van der Waals surface area contributed by atoms with E-state index in [0.29, 0.717) is 55.0 Å². The zero-order valence-electron chi connectivity index (χ0n) is 23.1. The van der Waals surface area contributed by atoms with E-state index in [1.165, 1.54) is 15.8 Å². The van der Waals surface area contributed by atoms with Gasteiger partial charge >= 0.3 is 6.03 Å². The number of urea groups is 1. The number of nitrogens with zero attached hydrogens (tertiary/aromatic N) is 9. The zero-order chi connectivity index (χ0) is 30.8. The number of sulfonamides is 1. The first-order valence-electron chi connectivity index (χ1n) is 13.1. The van der Waals surface area contributed by atoms with Crippen molar-refractivity contribution >= 4 is 55.1 Å². The molecule has 3 aromatic heterocycles. The Hall–Kier alpha value is -4.08. The first kappa shape index (κ1) is 29.0. The van der Waals surface area contributed by atoms with E-state index in [9.17, 15) is 27.3 Å². The van der Waals surface area contributed by atoms with Crippen LogP contribution in [0.25, 0.3) is 27.1 Å². The van der Waals surface area contributed by atoms with Gasteiger partial charge in [0.1, 0.15) is 28.4 Å². The van der Waals surface area contributed by atoms with Crippen LogP contribution in [0, 0.1) is 17.1 Å². The number of fused-ring (bicyclic) bond motifs is 3.